The lowest BCUT2D eigenvalue weighted by Gasteiger charge is -2.11. The Morgan fingerprint density at radius 3 is 2.65 bits per heavy atom. The highest BCUT2D eigenvalue weighted by Gasteiger charge is 2.32. The van der Waals surface area contributed by atoms with Crippen LogP contribution in [0.25, 0.3) is 0 Å². The molecule has 0 saturated heterocycles. The molecule has 0 aromatic heterocycles. The molecule has 1 aromatic carbocycles. The molecule has 0 N–H and O–H groups in total. The Bertz CT molecular complexity index is 460. The maximum absolute atomic E-state index is 12.3. The summed E-state index contributed by atoms with van der Waals surface area (Å²) < 4.78 is 5.37. The van der Waals surface area contributed by atoms with Gasteiger partial charge in [-0.25, -0.2) is 0 Å². The summed E-state index contributed by atoms with van der Waals surface area (Å²) in [6, 6.07) is 2.05. The topological polar surface area (TPSA) is 26.3 Å². The number of ketones is 1. The molecular formula is C15H20O2. The van der Waals surface area contributed by atoms with Gasteiger partial charge in [-0.15, -0.1) is 0 Å². The van der Waals surface area contributed by atoms with E-state index >= 15 is 0 Å². The molecule has 2 rings (SSSR count). The van der Waals surface area contributed by atoms with Crippen molar-refractivity contribution >= 4 is 5.78 Å². The van der Waals surface area contributed by atoms with E-state index in [4.69, 9.17) is 4.74 Å². The number of carbonyl (C=O) groups excluding carboxylic acids is 1. The van der Waals surface area contributed by atoms with Gasteiger partial charge in [0.1, 0.15) is 5.75 Å². The first kappa shape index (κ1) is 12.2. The third-order valence-corrected chi connectivity index (χ3v) is 3.87. The minimum Gasteiger partial charge on any atom is -0.496 e. The second-order valence-corrected chi connectivity index (χ2v) is 4.92. The summed E-state index contributed by atoms with van der Waals surface area (Å²) in [5.74, 6) is 1.44. The second kappa shape index (κ2) is 4.52. The first-order valence-corrected chi connectivity index (χ1v) is 6.31. The Hall–Kier alpha value is -1.31. The van der Waals surface area contributed by atoms with E-state index in [9.17, 15) is 4.79 Å². The van der Waals surface area contributed by atoms with Crippen molar-refractivity contribution in [3.63, 3.8) is 0 Å². The number of methoxy groups -OCH3 is 1. The largest absolute Gasteiger partial charge is 0.496 e. The van der Waals surface area contributed by atoms with Gasteiger partial charge in [-0.1, -0.05) is 13.3 Å². The molecule has 0 saturated carbocycles. The average Bonchev–Trinajstić information content (AvgIpc) is 2.62. The molecular weight excluding hydrogens is 212 g/mol. The standard InChI is InChI=1S/C15H20O2/c1-5-6-11-7-12-8-13(17-4)9(2)10(3)14(12)15(11)16/h8,11H,5-7H2,1-4H3/t11-/m1/s1. The maximum Gasteiger partial charge on any atom is 0.166 e. The molecule has 0 unspecified atom stereocenters. The van der Waals surface area contributed by atoms with Crippen LogP contribution in [0.15, 0.2) is 6.07 Å². The number of fused-ring (bicyclic) bond motifs is 1. The van der Waals surface area contributed by atoms with Gasteiger partial charge in [-0.3, -0.25) is 4.79 Å². The minimum atomic E-state index is 0.195. The highest BCUT2D eigenvalue weighted by Crippen LogP contribution is 2.37. The molecule has 17 heavy (non-hydrogen) atoms. The summed E-state index contributed by atoms with van der Waals surface area (Å²) in [7, 11) is 1.69. The number of hydrogen-bond acceptors (Lipinski definition) is 2. The van der Waals surface area contributed by atoms with Gasteiger partial charge >= 0.3 is 0 Å². The molecule has 1 aliphatic carbocycles. The van der Waals surface area contributed by atoms with Crippen LogP contribution < -0.4 is 4.74 Å². The van der Waals surface area contributed by atoms with Gasteiger partial charge in [0.15, 0.2) is 5.78 Å². The number of carbonyl (C=O) groups is 1. The fraction of sp³-hybridized carbons (Fsp3) is 0.533. The van der Waals surface area contributed by atoms with Gasteiger partial charge < -0.3 is 4.74 Å². The average molecular weight is 232 g/mol. The van der Waals surface area contributed by atoms with E-state index in [0.29, 0.717) is 5.78 Å². The van der Waals surface area contributed by atoms with Gasteiger partial charge in [0, 0.05) is 11.5 Å². The predicted octanol–water partition coefficient (Wildman–Crippen LogP) is 3.47. The number of hydrogen-bond donors (Lipinski definition) is 0. The Kier molecular flexibility index (Phi) is 3.23. The van der Waals surface area contributed by atoms with Crippen LogP contribution in [0.2, 0.25) is 0 Å². The van der Waals surface area contributed by atoms with E-state index in [-0.39, 0.29) is 5.92 Å². The van der Waals surface area contributed by atoms with Crippen molar-refractivity contribution in [2.45, 2.75) is 40.0 Å². The second-order valence-electron chi connectivity index (χ2n) is 4.92. The van der Waals surface area contributed by atoms with E-state index in [1.165, 1.54) is 5.56 Å². The van der Waals surface area contributed by atoms with Crippen molar-refractivity contribution in [2.24, 2.45) is 5.92 Å². The van der Waals surface area contributed by atoms with Crippen molar-refractivity contribution in [1.29, 1.82) is 0 Å². The van der Waals surface area contributed by atoms with Crippen LogP contribution in [0, 0.1) is 19.8 Å². The van der Waals surface area contributed by atoms with Crippen molar-refractivity contribution in [2.75, 3.05) is 7.11 Å². The van der Waals surface area contributed by atoms with Crippen LogP contribution in [0.5, 0.6) is 5.75 Å². The van der Waals surface area contributed by atoms with Crippen LogP contribution in [-0.2, 0) is 6.42 Å². The zero-order valence-electron chi connectivity index (χ0n) is 11.1. The molecule has 2 heteroatoms. The number of benzene rings is 1. The summed E-state index contributed by atoms with van der Waals surface area (Å²) in [6.45, 7) is 6.19. The SMILES string of the molecule is CCC[C@@H]1Cc2cc(OC)c(C)c(C)c2C1=O. The van der Waals surface area contributed by atoms with Crippen molar-refractivity contribution in [1.82, 2.24) is 0 Å². The molecule has 1 aromatic rings. The van der Waals surface area contributed by atoms with Gasteiger partial charge in [-0.05, 0) is 49.4 Å². The fourth-order valence-corrected chi connectivity index (χ4v) is 2.81. The Morgan fingerprint density at radius 1 is 1.35 bits per heavy atom. The smallest absolute Gasteiger partial charge is 0.166 e. The highest BCUT2D eigenvalue weighted by atomic mass is 16.5. The molecule has 1 aliphatic rings. The third-order valence-electron chi connectivity index (χ3n) is 3.87. The van der Waals surface area contributed by atoms with Crippen LogP contribution in [-0.4, -0.2) is 12.9 Å². The molecule has 0 spiro atoms. The summed E-state index contributed by atoms with van der Waals surface area (Å²) in [5.41, 5.74) is 4.33. The zero-order valence-corrected chi connectivity index (χ0v) is 11.1. The fourth-order valence-electron chi connectivity index (χ4n) is 2.81. The van der Waals surface area contributed by atoms with Gasteiger partial charge in [0.2, 0.25) is 0 Å². The molecule has 0 bridgehead atoms. The first-order valence-electron chi connectivity index (χ1n) is 6.31. The molecule has 0 fully saturated rings. The molecule has 92 valence electrons. The summed E-state index contributed by atoms with van der Waals surface area (Å²) >= 11 is 0. The molecule has 0 aliphatic heterocycles. The van der Waals surface area contributed by atoms with Gasteiger partial charge in [0.25, 0.3) is 0 Å². The quantitative estimate of drug-likeness (QED) is 0.797. The molecule has 0 amide bonds. The van der Waals surface area contributed by atoms with Gasteiger partial charge in [-0.2, -0.15) is 0 Å². The lowest BCUT2D eigenvalue weighted by atomic mass is 9.96. The number of ether oxygens (including phenoxy) is 1. The maximum atomic E-state index is 12.3. The van der Waals surface area contributed by atoms with E-state index in [0.717, 1.165) is 41.7 Å². The van der Waals surface area contributed by atoms with Gasteiger partial charge in [0.05, 0.1) is 7.11 Å². The molecule has 1 atom stereocenters. The van der Waals surface area contributed by atoms with Crippen LogP contribution >= 0.6 is 0 Å². The Labute approximate surface area is 103 Å². The van der Waals surface area contributed by atoms with Crippen LogP contribution in [0.3, 0.4) is 0 Å². The number of rotatable bonds is 3. The Morgan fingerprint density at radius 2 is 2.06 bits per heavy atom. The van der Waals surface area contributed by atoms with Crippen LogP contribution in [0.4, 0.5) is 0 Å². The monoisotopic (exact) mass is 232 g/mol. The lowest BCUT2D eigenvalue weighted by molar-refractivity contribution is 0.0930. The Balaban J connectivity index is 2.48. The molecule has 2 nitrogen and oxygen atoms in total. The normalized spacial score (nSPS) is 18.4. The minimum absolute atomic E-state index is 0.195. The molecule has 0 heterocycles. The van der Waals surface area contributed by atoms with Crippen molar-refractivity contribution < 1.29 is 9.53 Å². The third kappa shape index (κ3) is 1.86. The number of Topliss-reactive ketones (excluding diaryl/α,β-unsaturated/α-hetero) is 1. The highest BCUT2D eigenvalue weighted by molar-refractivity contribution is 6.04. The first-order chi connectivity index (χ1) is 8.10. The van der Waals surface area contributed by atoms with E-state index < -0.39 is 0 Å². The zero-order chi connectivity index (χ0) is 12.6. The van der Waals surface area contributed by atoms with E-state index in [1.54, 1.807) is 7.11 Å². The summed E-state index contributed by atoms with van der Waals surface area (Å²) in [4.78, 5) is 12.3. The van der Waals surface area contributed by atoms with Crippen molar-refractivity contribution in [3.05, 3.63) is 28.3 Å². The van der Waals surface area contributed by atoms with E-state index in [1.807, 2.05) is 19.9 Å². The summed E-state index contributed by atoms with van der Waals surface area (Å²) in [6.07, 6.45) is 2.95. The molecule has 0 radical (unpaired) electrons. The predicted molar refractivity (Wildman–Crippen MR) is 68.9 cm³/mol. The summed E-state index contributed by atoms with van der Waals surface area (Å²) in [5, 5.41) is 0. The van der Waals surface area contributed by atoms with Crippen LogP contribution in [0.1, 0.15) is 46.8 Å². The van der Waals surface area contributed by atoms with E-state index in [2.05, 4.69) is 6.92 Å². The van der Waals surface area contributed by atoms with Crippen molar-refractivity contribution in [3.8, 4) is 5.75 Å². The lowest BCUT2D eigenvalue weighted by Crippen LogP contribution is -2.09.